The second kappa shape index (κ2) is 6.46. The molecule has 1 aliphatic carbocycles. The number of hydrogen-bond donors (Lipinski definition) is 1. The van der Waals surface area contributed by atoms with Gasteiger partial charge in [0.05, 0.1) is 4.90 Å². The monoisotopic (exact) mass is 423 g/mol. The summed E-state index contributed by atoms with van der Waals surface area (Å²) in [5.74, 6) is 0. The van der Waals surface area contributed by atoms with Crippen LogP contribution in [0.25, 0.3) is 0 Å². The molecule has 0 radical (unpaired) electrons. The lowest BCUT2D eigenvalue weighted by atomic mass is 9.76. The molecule has 1 fully saturated rings. The van der Waals surface area contributed by atoms with Crippen molar-refractivity contribution < 1.29 is 8.42 Å². The molecule has 112 valence electrons. The van der Waals surface area contributed by atoms with Crippen molar-refractivity contribution in [1.82, 2.24) is 4.72 Å². The standard InChI is InChI=1S/C14H19Br2NO2S/c1-14(7-3-2-4-8-14)10-17-20(18,19)13-9-11(15)5-6-12(13)16/h5-6,9,17H,2-4,7-8,10H2,1H3. The van der Waals surface area contributed by atoms with E-state index in [0.29, 0.717) is 11.0 Å². The van der Waals surface area contributed by atoms with Gasteiger partial charge in [0, 0.05) is 15.5 Å². The Labute approximate surface area is 137 Å². The van der Waals surface area contributed by atoms with Crippen LogP contribution in [0, 0.1) is 5.41 Å². The Morgan fingerprint density at radius 3 is 2.50 bits per heavy atom. The zero-order valence-corrected chi connectivity index (χ0v) is 15.4. The first-order valence-corrected chi connectivity index (χ1v) is 9.84. The number of hydrogen-bond acceptors (Lipinski definition) is 2. The Morgan fingerprint density at radius 2 is 1.85 bits per heavy atom. The number of halogens is 2. The fourth-order valence-corrected chi connectivity index (χ4v) is 5.31. The maximum atomic E-state index is 12.4. The maximum Gasteiger partial charge on any atom is 0.241 e. The molecule has 0 aliphatic heterocycles. The van der Waals surface area contributed by atoms with E-state index in [9.17, 15) is 8.42 Å². The van der Waals surface area contributed by atoms with Gasteiger partial charge < -0.3 is 0 Å². The van der Waals surface area contributed by atoms with Crippen LogP contribution in [0.2, 0.25) is 0 Å². The smallest absolute Gasteiger partial charge is 0.211 e. The van der Waals surface area contributed by atoms with Crippen molar-refractivity contribution in [2.45, 2.75) is 43.9 Å². The van der Waals surface area contributed by atoms with Crippen LogP contribution in [0.4, 0.5) is 0 Å². The van der Waals surface area contributed by atoms with Gasteiger partial charge in [-0.05, 0) is 52.4 Å². The Bertz CT molecular complexity index is 581. The predicted octanol–water partition coefficient (Wildman–Crippen LogP) is 4.46. The van der Waals surface area contributed by atoms with Gasteiger partial charge in [0.1, 0.15) is 0 Å². The summed E-state index contributed by atoms with van der Waals surface area (Å²) in [5.41, 5.74) is 0.0871. The van der Waals surface area contributed by atoms with Gasteiger partial charge in [-0.15, -0.1) is 0 Å². The number of sulfonamides is 1. The van der Waals surface area contributed by atoms with Crippen molar-refractivity contribution >= 4 is 41.9 Å². The van der Waals surface area contributed by atoms with Gasteiger partial charge in [-0.1, -0.05) is 42.1 Å². The first kappa shape index (κ1) is 16.5. The van der Waals surface area contributed by atoms with Crippen molar-refractivity contribution in [2.75, 3.05) is 6.54 Å². The van der Waals surface area contributed by atoms with E-state index in [-0.39, 0.29) is 10.3 Å². The molecule has 0 bridgehead atoms. The quantitative estimate of drug-likeness (QED) is 0.775. The summed E-state index contributed by atoms with van der Waals surface area (Å²) in [7, 11) is -3.48. The summed E-state index contributed by atoms with van der Waals surface area (Å²) in [4.78, 5) is 0.284. The molecule has 1 aromatic rings. The largest absolute Gasteiger partial charge is 0.241 e. The van der Waals surface area contributed by atoms with Gasteiger partial charge in [-0.3, -0.25) is 0 Å². The SMILES string of the molecule is CC1(CNS(=O)(=O)c2cc(Br)ccc2Br)CCCCC1. The topological polar surface area (TPSA) is 46.2 Å². The molecule has 1 N–H and O–H groups in total. The van der Waals surface area contributed by atoms with Crippen LogP contribution in [-0.4, -0.2) is 15.0 Å². The van der Waals surface area contributed by atoms with Crippen LogP contribution in [-0.2, 0) is 10.0 Å². The van der Waals surface area contributed by atoms with E-state index in [1.165, 1.54) is 19.3 Å². The lowest BCUT2D eigenvalue weighted by Gasteiger charge is -2.33. The molecule has 1 saturated carbocycles. The highest BCUT2D eigenvalue weighted by Crippen LogP contribution is 2.35. The van der Waals surface area contributed by atoms with Crippen LogP contribution in [0.1, 0.15) is 39.0 Å². The second-order valence-electron chi connectivity index (χ2n) is 5.77. The molecule has 0 heterocycles. The summed E-state index contributed by atoms with van der Waals surface area (Å²) in [6.07, 6.45) is 5.83. The Morgan fingerprint density at radius 1 is 1.20 bits per heavy atom. The summed E-state index contributed by atoms with van der Waals surface area (Å²) < 4.78 is 29.0. The predicted molar refractivity (Wildman–Crippen MR) is 88.2 cm³/mol. The molecule has 0 amide bonds. The number of rotatable bonds is 4. The van der Waals surface area contributed by atoms with E-state index >= 15 is 0 Å². The molecule has 0 saturated heterocycles. The third kappa shape index (κ3) is 4.06. The molecular weight excluding hydrogens is 406 g/mol. The second-order valence-corrected chi connectivity index (χ2v) is 9.28. The summed E-state index contributed by atoms with van der Waals surface area (Å²) >= 11 is 6.62. The minimum absolute atomic E-state index is 0.0871. The third-order valence-corrected chi connectivity index (χ3v) is 6.82. The van der Waals surface area contributed by atoms with Crippen LogP contribution >= 0.6 is 31.9 Å². The summed E-state index contributed by atoms with van der Waals surface area (Å²) in [6.45, 7) is 2.68. The lowest BCUT2D eigenvalue weighted by molar-refractivity contribution is 0.219. The van der Waals surface area contributed by atoms with Crippen molar-refractivity contribution in [3.05, 3.63) is 27.1 Å². The minimum Gasteiger partial charge on any atom is -0.211 e. The van der Waals surface area contributed by atoms with E-state index in [2.05, 4.69) is 43.5 Å². The highest BCUT2D eigenvalue weighted by Gasteiger charge is 2.29. The first-order valence-electron chi connectivity index (χ1n) is 6.77. The fraction of sp³-hybridized carbons (Fsp3) is 0.571. The molecule has 1 aliphatic rings. The molecular formula is C14H19Br2NO2S. The fourth-order valence-electron chi connectivity index (χ4n) is 2.61. The first-order chi connectivity index (χ1) is 9.32. The van der Waals surface area contributed by atoms with Gasteiger partial charge in [-0.2, -0.15) is 0 Å². The average Bonchev–Trinajstić information content (AvgIpc) is 2.40. The Kier molecular flexibility index (Phi) is 5.32. The summed E-state index contributed by atoms with van der Waals surface area (Å²) in [5, 5.41) is 0. The lowest BCUT2D eigenvalue weighted by Crippen LogP contribution is -2.37. The van der Waals surface area contributed by atoms with E-state index in [1.54, 1.807) is 12.1 Å². The van der Waals surface area contributed by atoms with E-state index in [4.69, 9.17) is 0 Å². The van der Waals surface area contributed by atoms with Gasteiger partial charge in [0.2, 0.25) is 10.0 Å². The Hall–Kier alpha value is 0.0900. The van der Waals surface area contributed by atoms with E-state index < -0.39 is 10.0 Å². The van der Waals surface area contributed by atoms with Crippen LogP contribution in [0.15, 0.2) is 32.0 Å². The average molecular weight is 425 g/mol. The zero-order chi connectivity index (χ0) is 14.8. The molecule has 0 unspecified atom stereocenters. The minimum atomic E-state index is -3.48. The molecule has 0 spiro atoms. The highest BCUT2D eigenvalue weighted by molar-refractivity contribution is 9.11. The molecule has 0 atom stereocenters. The molecule has 20 heavy (non-hydrogen) atoms. The van der Waals surface area contributed by atoms with Crippen molar-refractivity contribution in [3.63, 3.8) is 0 Å². The van der Waals surface area contributed by atoms with Gasteiger partial charge in [0.15, 0.2) is 0 Å². The van der Waals surface area contributed by atoms with Gasteiger partial charge >= 0.3 is 0 Å². The molecule has 2 rings (SSSR count). The van der Waals surface area contributed by atoms with E-state index in [1.807, 2.05) is 6.07 Å². The van der Waals surface area contributed by atoms with Crippen LogP contribution in [0.3, 0.4) is 0 Å². The van der Waals surface area contributed by atoms with Crippen molar-refractivity contribution in [1.29, 1.82) is 0 Å². The highest BCUT2D eigenvalue weighted by atomic mass is 79.9. The van der Waals surface area contributed by atoms with Crippen molar-refractivity contribution in [3.8, 4) is 0 Å². The van der Waals surface area contributed by atoms with Gasteiger partial charge in [-0.25, -0.2) is 13.1 Å². The molecule has 0 aromatic heterocycles. The molecule has 6 heteroatoms. The summed E-state index contributed by atoms with van der Waals surface area (Å²) in [6, 6.07) is 5.17. The van der Waals surface area contributed by atoms with Crippen LogP contribution < -0.4 is 4.72 Å². The Balaban J connectivity index is 2.13. The van der Waals surface area contributed by atoms with Gasteiger partial charge in [0.25, 0.3) is 0 Å². The normalized spacial score (nSPS) is 18.9. The van der Waals surface area contributed by atoms with Crippen LogP contribution in [0.5, 0.6) is 0 Å². The third-order valence-electron chi connectivity index (χ3n) is 3.93. The number of nitrogens with one attached hydrogen (secondary N) is 1. The number of benzene rings is 1. The molecule has 1 aromatic carbocycles. The zero-order valence-electron chi connectivity index (χ0n) is 11.5. The van der Waals surface area contributed by atoms with E-state index in [0.717, 1.165) is 17.3 Å². The maximum absolute atomic E-state index is 12.4. The van der Waals surface area contributed by atoms with Crippen molar-refractivity contribution in [2.24, 2.45) is 5.41 Å². The molecule has 3 nitrogen and oxygen atoms in total.